The van der Waals surface area contributed by atoms with Crippen molar-refractivity contribution in [1.82, 2.24) is 0 Å². The molecule has 0 saturated heterocycles. The molecular weight excluding hydrogens is 211 g/mol. The summed E-state index contributed by atoms with van der Waals surface area (Å²) >= 11 is 0. The molecule has 0 spiro atoms. The SMILES string of the molecule is C=C(OCC)c1cccc(C(=O)OC)c1F. The summed E-state index contributed by atoms with van der Waals surface area (Å²) in [7, 11) is 1.20. The smallest absolute Gasteiger partial charge is 0.340 e. The Kier molecular flexibility index (Phi) is 4.05. The van der Waals surface area contributed by atoms with Crippen molar-refractivity contribution < 1.29 is 18.7 Å². The Balaban J connectivity index is 3.13. The van der Waals surface area contributed by atoms with Gasteiger partial charge in [0.05, 0.1) is 24.8 Å². The second kappa shape index (κ2) is 5.30. The third-order valence-electron chi connectivity index (χ3n) is 2.02. The molecule has 0 bridgehead atoms. The first-order valence-electron chi connectivity index (χ1n) is 4.80. The highest BCUT2D eigenvalue weighted by atomic mass is 19.1. The van der Waals surface area contributed by atoms with Gasteiger partial charge in [-0.2, -0.15) is 0 Å². The van der Waals surface area contributed by atoms with Gasteiger partial charge in [0.25, 0.3) is 0 Å². The van der Waals surface area contributed by atoms with Crippen molar-refractivity contribution in [3.63, 3.8) is 0 Å². The van der Waals surface area contributed by atoms with Gasteiger partial charge in [-0.1, -0.05) is 12.6 Å². The van der Waals surface area contributed by atoms with Crippen LogP contribution in [0.3, 0.4) is 0 Å². The molecule has 0 unspecified atom stereocenters. The fourth-order valence-electron chi connectivity index (χ4n) is 1.27. The van der Waals surface area contributed by atoms with E-state index in [0.717, 1.165) is 0 Å². The van der Waals surface area contributed by atoms with Crippen molar-refractivity contribution in [1.29, 1.82) is 0 Å². The molecular formula is C12H13FO3. The first-order chi connectivity index (χ1) is 7.61. The highest BCUT2D eigenvalue weighted by Crippen LogP contribution is 2.21. The summed E-state index contributed by atoms with van der Waals surface area (Å²) in [6.07, 6.45) is 0. The second-order valence-corrected chi connectivity index (χ2v) is 3.01. The van der Waals surface area contributed by atoms with Gasteiger partial charge in [0.2, 0.25) is 0 Å². The topological polar surface area (TPSA) is 35.5 Å². The standard InChI is InChI=1S/C12H13FO3/c1-4-16-8(2)9-6-5-7-10(11(9)13)12(14)15-3/h5-7H,2,4H2,1,3H3. The molecule has 0 aliphatic rings. The van der Waals surface area contributed by atoms with E-state index in [-0.39, 0.29) is 16.9 Å². The van der Waals surface area contributed by atoms with Crippen molar-refractivity contribution in [2.24, 2.45) is 0 Å². The lowest BCUT2D eigenvalue weighted by molar-refractivity contribution is 0.0595. The molecule has 0 aliphatic heterocycles. The minimum Gasteiger partial charge on any atom is -0.494 e. The Hall–Kier alpha value is -1.84. The largest absolute Gasteiger partial charge is 0.494 e. The van der Waals surface area contributed by atoms with Crippen molar-refractivity contribution in [3.8, 4) is 0 Å². The van der Waals surface area contributed by atoms with Crippen LogP contribution in [0.15, 0.2) is 24.8 Å². The summed E-state index contributed by atoms with van der Waals surface area (Å²) in [5, 5.41) is 0. The third-order valence-corrected chi connectivity index (χ3v) is 2.02. The summed E-state index contributed by atoms with van der Waals surface area (Å²) in [5.74, 6) is -1.19. The van der Waals surface area contributed by atoms with Gasteiger partial charge in [0, 0.05) is 0 Å². The first-order valence-corrected chi connectivity index (χ1v) is 4.80. The van der Waals surface area contributed by atoms with Gasteiger partial charge in [-0.25, -0.2) is 9.18 Å². The maximum Gasteiger partial charge on any atom is 0.340 e. The molecule has 0 atom stereocenters. The van der Waals surface area contributed by atoms with Crippen LogP contribution in [0.4, 0.5) is 4.39 Å². The predicted molar refractivity (Wildman–Crippen MR) is 58.4 cm³/mol. The van der Waals surface area contributed by atoms with Crippen LogP contribution < -0.4 is 0 Å². The molecule has 16 heavy (non-hydrogen) atoms. The maximum absolute atomic E-state index is 13.8. The van der Waals surface area contributed by atoms with Crippen molar-refractivity contribution >= 4 is 11.7 Å². The zero-order valence-electron chi connectivity index (χ0n) is 9.25. The van der Waals surface area contributed by atoms with Crippen LogP contribution in [-0.2, 0) is 9.47 Å². The lowest BCUT2D eigenvalue weighted by Crippen LogP contribution is -2.06. The third kappa shape index (κ3) is 2.39. The Morgan fingerprint density at radius 1 is 1.44 bits per heavy atom. The summed E-state index contributed by atoms with van der Waals surface area (Å²) < 4.78 is 23.4. The molecule has 4 heteroatoms. The lowest BCUT2D eigenvalue weighted by Gasteiger charge is -2.09. The van der Waals surface area contributed by atoms with E-state index in [1.807, 2.05) is 0 Å². The zero-order valence-corrected chi connectivity index (χ0v) is 9.25. The average Bonchev–Trinajstić information content (AvgIpc) is 2.28. The Labute approximate surface area is 93.5 Å². The molecule has 0 radical (unpaired) electrons. The maximum atomic E-state index is 13.8. The number of carbonyl (C=O) groups excluding carboxylic acids is 1. The monoisotopic (exact) mass is 224 g/mol. The van der Waals surface area contributed by atoms with Crippen molar-refractivity contribution in [3.05, 3.63) is 41.7 Å². The number of halogens is 1. The normalized spacial score (nSPS) is 9.69. The van der Waals surface area contributed by atoms with Crippen molar-refractivity contribution in [2.45, 2.75) is 6.92 Å². The van der Waals surface area contributed by atoms with E-state index < -0.39 is 11.8 Å². The van der Waals surface area contributed by atoms with Gasteiger partial charge in [-0.05, 0) is 19.1 Å². The molecule has 86 valence electrons. The predicted octanol–water partition coefficient (Wildman–Crippen LogP) is 2.62. The van der Waals surface area contributed by atoms with E-state index in [2.05, 4.69) is 11.3 Å². The molecule has 0 aliphatic carbocycles. The van der Waals surface area contributed by atoms with Gasteiger partial charge < -0.3 is 9.47 Å². The van der Waals surface area contributed by atoms with Crippen LogP contribution in [-0.4, -0.2) is 19.7 Å². The summed E-state index contributed by atoms with van der Waals surface area (Å²) in [6, 6.07) is 4.40. The Morgan fingerprint density at radius 2 is 2.06 bits per heavy atom. The van der Waals surface area contributed by atoms with Gasteiger partial charge in [-0.15, -0.1) is 0 Å². The van der Waals surface area contributed by atoms with Gasteiger partial charge in [0.1, 0.15) is 11.6 Å². The highest BCUT2D eigenvalue weighted by molar-refractivity contribution is 5.90. The summed E-state index contributed by atoms with van der Waals surface area (Å²) in [5.41, 5.74) is 0.0469. The fraction of sp³-hybridized carbons (Fsp3) is 0.250. The van der Waals surface area contributed by atoms with Gasteiger partial charge in [-0.3, -0.25) is 0 Å². The van der Waals surface area contributed by atoms with Gasteiger partial charge in [0.15, 0.2) is 0 Å². The average molecular weight is 224 g/mol. The number of benzene rings is 1. The molecule has 0 N–H and O–H groups in total. The van der Waals surface area contributed by atoms with E-state index in [9.17, 15) is 9.18 Å². The number of carbonyl (C=O) groups is 1. The van der Waals surface area contributed by atoms with Crippen LogP contribution in [0.5, 0.6) is 0 Å². The minimum absolute atomic E-state index is 0.124. The number of methoxy groups -OCH3 is 1. The van der Waals surface area contributed by atoms with Crippen LogP contribution >= 0.6 is 0 Å². The number of hydrogen-bond acceptors (Lipinski definition) is 3. The molecule has 1 rings (SSSR count). The van der Waals surface area contributed by atoms with Crippen LogP contribution in [0.1, 0.15) is 22.8 Å². The molecule has 0 aromatic heterocycles. The number of ether oxygens (including phenoxy) is 2. The Bertz CT molecular complexity index is 413. The van der Waals surface area contributed by atoms with Crippen LogP contribution in [0, 0.1) is 5.82 Å². The van der Waals surface area contributed by atoms with Crippen molar-refractivity contribution in [2.75, 3.05) is 13.7 Å². The summed E-state index contributed by atoms with van der Waals surface area (Å²) in [6.45, 7) is 5.75. The summed E-state index contributed by atoms with van der Waals surface area (Å²) in [4.78, 5) is 11.2. The van der Waals surface area contributed by atoms with E-state index in [1.54, 1.807) is 13.0 Å². The Morgan fingerprint density at radius 3 is 2.62 bits per heavy atom. The number of esters is 1. The van der Waals surface area contributed by atoms with E-state index in [1.165, 1.54) is 19.2 Å². The van der Waals surface area contributed by atoms with Gasteiger partial charge >= 0.3 is 5.97 Å². The lowest BCUT2D eigenvalue weighted by atomic mass is 10.1. The quantitative estimate of drug-likeness (QED) is 0.582. The first kappa shape index (κ1) is 12.2. The van der Waals surface area contributed by atoms with E-state index in [0.29, 0.717) is 6.61 Å². The van der Waals surface area contributed by atoms with Crippen LogP contribution in [0.25, 0.3) is 5.76 Å². The molecule has 1 aromatic carbocycles. The number of rotatable bonds is 4. The van der Waals surface area contributed by atoms with E-state index in [4.69, 9.17) is 4.74 Å². The molecule has 3 nitrogen and oxygen atoms in total. The molecule has 0 fully saturated rings. The highest BCUT2D eigenvalue weighted by Gasteiger charge is 2.17. The molecule has 0 amide bonds. The molecule has 1 aromatic rings. The fourth-order valence-corrected chi connectivity index (χ4v) is 1.27. The van der Waals surface area contributed by atoms with E-state index >= 15 is 0 Å². The number of hydrogen-bond donors (Lipinski definition) is 0. The second-order valence-electron chi connectivity index (χ2n) is 3.01. The minimum atomic E-state index is -0.719. The zero-order chi connectivity index (χ0) is 12.1. The van der Waals surface area contributed by atoms with Crippen LogP contribution in [0.2, 0.25) is 0 Å². The molecule has 0 saturated carbocycles. The molecule has 0 heterocycles.